The highest BCUT2D eigenvalue weighted by atomic mass is 19.1. The molecule has 34 heavy (non-hydrogen) atoms. The number of carbonyl (C=O) groups is 1. The molecule has 4 rings (SSSR count). The molecule has 7 nitrogen and oxygen atoms in total. The zero-order valence-corrected chi connectivity index (χ0v) is 18.8. The lowest BCUT2D eigenvalue weighted by Gasteiger charge is -2.21. The highest BCUT2D eigenvalue weighted by Gasteiger charge is 2.16. The Bertz CT molecular complexity index is 1190. The van der Waals surface area contributed by atoms with Gasteiger partial charge in [-0.15, -0.1) is 0 Å². The molecule has 0 aliphatic heterocycles. The van der Waals surface area contributed by atoms with Gasteiger partial charge in [-0.25, -0.2) is 9.37 Å². The molecule has 0 aliphatic carbocycles. The van der Waals surface area contributed by atoms with E-state index in [1.165, 1.54) is 18.4 Å². The molecular weight excluding hydrogens is 435 g/mol. The first kappa shape index (κ1) is 23.1. The number of carbonyl (C=O) groups excluding carboxylic acids is 1. The Morgan fingerprint density at radius 2 is 1.59 bits per heavy atom. The fourth-order valence-electron chi connectivity index (χ4n) is 3.46. The lowest BCUT2D eigenvalue weighted by molar-refractivity contribution is 0.0945. The molecule has 0 fully saturated rings. The van der Waals surface area contributed by atoms with Gasteiger partial charge >= 0.3 is 0 Å². The number of hydrogen-bond donors (Lipinski definition) is 1. The second-order valence-electron chi connectivity index (χ2n) is 7.78. The van der Waals surface area contributed by atoms with E-state index in [1.807, 2.05) is 36.4 Å². The van der Waals surface area contributed by atoms with Crippen LogP contribution < -0.4 is 10.1 Å². The third kappa shape index (κ3) is 6.49. The third-order valence-corrected chi connectivity index (χ3v) is 5.23. The van der Waals surface area contributed by atoms with E-state index in [0.29, 0.717) is 32.1 Å². The Kier molecular flexibility index (Phi) is 7.62. The van der Waals surface area contributed by atoms with Gasteiger partial charge < -0.3 is 14.5 Å². The molecule has 0 atom stereocenters. The average molecular weight is 461 g/mol. The second-order valence-corrected chi connectivity index (χ2v) is 7.78. The Morgan fingerprint density at radius 3 is 2.24 bits per heavy atom. The third-order valence-electron chi connectivity index (χ3n) is 5.23. The van der Waals surface area contributed by atoms with Crippen molar-refractivity contribution < 1.29 is 18.3 Å². The number of hydrogen-bond acceptors (Lipinski definition) is 6. The number of nitrogens with zero attached hydrogens (tertiary/aromatic N) is 3. The van der Waals surface area contributed by atoms with Crippen LogP contribution in [-0.4, -0.2) is 27.9 Å². The van der Waals surface area contributed by atoms with E-state index in [-0.39, 0.29) is 17.4 Å². The smallest absolute Gasteiger partial charge is 0.273 e. The summed E-state index contributed by atoms with van der Waals surface area (Å²) >= 11 is 0. The molecule has 8 heteroatoms. The molecule has 2 heterocycles. The molecule has 2 aromatic carbocycles. The van der Waals surface area contributed by atoms with Crippen LogP contribution in [0.3, 0.4) is 0 Å². The van der Waals surface area contributed by atoms with Crippen molar-refractivity contribution >= 4 is 5.91 Å². The van der Waals surface area contributed by atoms with E-state index in [0.717, 1.165) is 22.4 Å². The van der Waals surface area contributed by atoms with Gasteiger partial charge in [-0.2, -0.15) is 0 Å². The van der Waals surface area contributed by atoms with E-state index in [2.05, 4.69) is 20.2 Å². The second kappa shape index (κ2) is 11.2. The van der Waals surface area contributed by atoms with E-state index < -0.39 is 0 Å². The first-order chi connectivity index (χ1) is 16.6. The summed E-state index contributed by atoms with van der Waals surface area (Å²) in [7, 11) is 1.63. The van der Waals surface area contributed by atoms with E-state index >= 15 is 0 Å². The van der Waals surface area contributed by atoms with E-state index in [9.17, 15) is 9.18 Å². The summed E-state index contributed by atoms with van der Waals surface area (Å²) < 4.78 is 24.2. The quantitative estimate of drug-likeness (QED) is 0.379. The fraction of sp³-hybridized carbons (Fsp3) is 0.192. The van der Waals surface area contributed by atoms with Crippen molar-refractivity contribution in [1.82, 2.24) is 20.2 Å². The van der Waals surface area contributed by atoms with E-state index in [4.69, 9.17) is 9.15 Å². The molecule has 1 N–H and O–H groups in total. The van der Waals surface area contributed by atoms with E-state index in [1.54, 1.807) is 31.6 Å². The largest absolute Gasteiger partial charge is 0.497 e. The van der Waals surface area contributed by atoms with Gasteiger partial charge in [-0.1, -0.05) is 24.3 Å². The number of oxazole rings is 1. The van der Waals surface area contributed by atoms with Crippen molar-refractivity contribution in [2.45, 2.75) is 26.2 Å². The number of ether oxygens (including phenoxy) is 1. The van der Waals surface area contributed by atoms with Gasteiger partial charge in [0.15, 0.2) is 5.69 Å². The fourth-order valence-corrected chi connectivity index (χ4v) is 3.46. The first-order valence-corrected chi connectivity index (χ1v) is 10.8. The molecule has 2 aromatic heterocycles. The van der Waals surface area contributed by atoms with Gasteiger partial charge in [-0.3, -0.25) is 14.7 Å². The number of rotatable bonds is 10. The molecule has 0 saturated heterocycles. The summed E-state index contributed by atoms with van der Waals surface area (Å²) in [4.78, 5) is 22.9. The Hall–Kier alpha value is -4.04. The van der Waals surface area contributed by atoms with Crippen LogP contribution in [0, 0.1) is 5.82 Å². The zero-order valence-electron chi connectivity index (χ0n) is 18.8. The molecule has 0 saturated carbocycles. The van der Waals surface area contributed by atoms with Crippen LogP contribution in [-0.2, 0) is 26.2 Å². The SMILES string of the molecule is COc1ccc(CN(Cc2ccc(F)cc2)Cc2nc(C(=O)NCc3ccncc3)co2)cc1. The normalized spacial score (nSPS) is 10.9. The number of amides is 1. The topological polar surface area (TPSA) is 80.5 Å². The summed E-state index contributed by atoms with van der Waals surface area (Å²) in [6.45, 7) is 1.91. The maximum Gasteiger partial charge on any atom is 0.273 e. The predicted octanol–water partition coefficient (Wildman–Crippen LogP) is 4.35. The highest BCUT2D eigenvalue weighted by molar-refractivity contribution is 5.91. The van der Waals surface area contributed by atoms with Crippen LogP contribution in [0.5, 0.6) is 5.75 Å². The van der Waals surface area contributed by atoms with Crippen LogP contribution in [0.15, 0.2) is 83.7 Å². The Morgan fingerprint density at radius 1 is 0.941 bits per heavy atom. The molecule has 0 aliphatic rings. The molecule has 0 unspecified atom stereocenters. The van der Waals surface area contributed by atoms with Gasteiger partial charge in [-0.05, 0) is 53.1 Å². The van der Waals surface area contributed by atoms with Crippen molar-refractivity contribution in [2.75, 3.05) is 7.11 Å². The number of nitrogens with one attached hydrogen (secondary N) is 1. The minimum atomic E-state index is -0.313. The number of pyridine rings is 1. The van der Waals surface area contributed by atoms with Crippen molar-refractivity contribution in [3.05, 3.63) is 113 Å². The first-order valence-electron chi connectivity index (χ1n) is 10.8. The summed E-state index contributed by atoms with van der Waals surface area (Å²) in [5, 5.41) is 2.83. The number of halogens is 1. The van der Waals surface area contributed by atoms with Gasteiger partial charge in [0.2, 0.25) is 5.89 Å². The summed E-state index contributed by atoms with van der Waals surface area (Å²) in [5.41, 5.74) is 3.19. The van der Waals surface area contributed by atoms with Gasteiger partial charge in [0, 0.05) is 32.0 Å². The molecule has 0 spiro atoms. The van der Waals surface area contributed by atoms with Crippen LogP contribution in [0.2, 0.25) is 0 Å². The Balaban J connectivity index is 1.43. The maximum atomic E-state index is 13.3. The van der Waals surface area contributed by atoms with Gasteiger partial charge in [0.05, 0.1) is 13.7 Å². The summed E-state index contributed by atoms with van der Waals surface area (Å²) in [6.07, 6.45) is 4.71. The molecule has 1 amide bonds. The van der Waals surface area contributed by atoms with Crippen molar-refractivity contribution in [1.29, 1.82) is 0 Å². The zero-order chi connectivity index (χ0) is 23.8. The molecule has 0 radical (unpaired) electrons. The minimum Gasteiger partial charge on any atom is -0.497 e. The van der Waals surface area contributed by atoms with Crippen LogP contribution in [0.25, 0.3) is 0 Å². The van der Waals surface area contributed by atoms with Crippen LogP contribution in [0.1, 0.15) is 33.1 Å². The minimum absolute atomic E-state index is 0.218. The summed E-state index contributed by atoms with van der Waals surface area (Å²) in [5.74, 6) is 0.612. The highest BCUT2D eigenvalue weighted by Crippen LogP contribution is 2.17. The van der Waals surface area contributed by atoms with Gasteiger partial charge in [0.25, 0.3) is 5.91 Å². The lowest BCUT2D eigenvalue weighted by atomic mass is 10.1. The monoisotopic (exact) mass is 460 g/mol. The molecule has 4 aromatic rings. The molecule has 0 bridgehead atoms. The number of aromatic nitrogens is 2. The molecular formula is C26H25FN4O3. The van der Waals surface area contributed by atoms with Crippen LogP contribution in [0.4, 0.5) is 4.39 Å². The van der Waals surface area contributed by atoms with Crippen molar-refractivity contribution in [3.63, 3.8) is 0 Å². The number of methoxy groups -OCH3 is 1. The standard InChI is InChI=1S/C26H25FN4O3/c1-33-23-8-4-21(5-9-23)16-31(15-20-2-6-22(27)7-3-20)17-25-30-24(18-34-25)26(32)29-14-19-10-12-28-13-11-19/h2-13,18H,14-17H2,1H3,(H,29,32). The number of benzene rings is 2. The van der Waals surface area contributed by atoms with Crippen molar-refractivity contribution in [3.8, 4) is 5.75 Å². The molecule has 174 valence electrons. The predicted molar refractivity (Wildman–Crippen MR) is 124 cm³/mol. The lowest BCUT2D eigenvalue weighted by Crippen LogP contribution is -2.24. The summed E-state index contributed by atoms with van der Waals surface area (Å²) in [6, 6.07) is 17.8. The average Bonchev–Trinajstić information content (AvgIpc) is 3.33. The van der Waals surface area contributed by atoms with Gasteiger partial charge in [0.1, 0.15) is 17.8 Å². The van der Waals surface area contributed by atoms with Crippen molar-refractivity contribution in [2.24, 2.45) is 0 Å². The van der Waals surface area contributed by atoms with Crippen LogP contribution >= 0.6 is 0 Å². The Labute approximate surface area is 197 Å². The maximum absolute atomic E-state index is 13.3.